The summed E-state index contributed by atoms with van der Waals surface area (Å²) in [5, 5.41) is 10.7. The second-order valence-electron chi connectivity index (χ2n) is 5.97. The van der Waals surface area contributed by atoms with Crippen LogP contribution < -0.4 is 5.11 Å². The van der Waals surface area contributed by atoms with Crippen LogP contribution in [0.15, 0.2) is 0 Å². The average molecular weight is 273 g/mol. The third kappa shape index (κ3) is 11.7. The fourth-order valence-electron chi connectivity index (χ4n) is 1.88. The van der Waals surface area contributed by atoms with Crippen molar-refractivity contribution in [1.82, 2.24) is 0 Å². The maximum atomic E-state index is 11.6. The van der Waals surface area contributed by atoms with Crippen LogP contribution in [0.1, 0.15) is 45.4 Å². The number of hydrogen-bond acceptors (Lipinski definition) is 4. The molecule has 0 aliphatic heterocycles. The van der Waals surface area contributed by atoms with E-state index in [-0.39, 0.29) is 12.4 Å². The second kappa shape index (κ2) is 8.91. The molecule has 0 bridgehead atoms. The summed E-state index contributed by atoms with van der Waals surface area (Å²) in [6, 6.07) is 0. The maximum absolute atomic E-state index is 11.6. The van der Waals surface area contributed by atoms with E-state index < -0.39 is 12.1 Å². The first kappa shape index (κ1) is 17.9. The highest BCUT2D eigenvalue weighted by Crippen LogP contribution is 2.09. The lowest BCUT2D eigenvalue weighted by molar-refractivity contribution is -0.873. The quantitative estimate of drug-likeness (QED) is 0.334. The van der Waals surface area contributed by atoms with Crippen LogP contribution in [0.3, 0.4) is 0 Å². The largest absolute Gasteiger partial charge is 0.550 e. The monoisotopic (exact) mass is 273 g/mol. The molecule has 0 heterocycles. The molecule has 5 heteroatoms. The summed E-state index contributed by atoms with van der Waals surface area (Å²) >= 11 is 0. The Labute approximate surface area is 116 Å². The van der Waals surface area contributed by atoms with Gasteiger partial charge in [0.25, 0.3) is 0 Å². The highest BCUT2D eigenvalue weighted by molar-refractivity contribution is 5.70. The minimum absolute atomic E-state index is 0.240. The number of carbonyl (C=O) groups excluding carboxylic acids is 2. The standard InChI is InChI=1S/C14H27NO4/c1-5-6-7-8-9-14(18)19-12(10-13(16)17)11-15(2,3)4/h12H,5-11H2,1-4H3. The summed E-state index contributed by atoms with van der Waals surface area (Å²) in [5.74, 6) is -1.49. The molecule has 0 fully saturated rings. The number of ether oxygens (including phenoxy) is 1. The van der Waals surface area contributed by atoms with E-state index in [0.29, 0.717) is 17.4 Å². The number of hydrogen-bond donors (Lipinski definition) is 0. The van der Waals surface area contributed by atoms with Crippen LogP contribution in [0, 0.1) is 0 Å². The lowest BCUT2D eigenvalue weighted by Crippen LogP contribution is -2.45. The topological polar surface area (TPSA) is 66.4 Å². The van der Waals surface area contributed by atoms with Crippen molar-refractivity contribution in [3.63, 3.8) is 0 Å². The smallest absolute Gasteiger partial charge is 0.306 e. The third-order valence-electron chi connectivity index (χ3n) is 2.68. The number of carboxylic acids is 1. The van der Waals surface area contributed by atoms with Crippen LogP contribution in [0.5, 0.6) is 0 Å². The average Bonchev–Trinajstić information content (AvgIpc) is 2.20. The van der Waals surface area contributed by atoms with Crippen LogP contribution in [0.25, 0.3) is 0 Å². The summed E-state index contributed by atoms with van der Waals surface area (Å²) in [6.07, 6.45) is 3.54. The first-order chi connectivity index (χ1) is 8.74. The number of carboxylic acid groups (broad SMARTS) is 1. The fourth-order valence-corrected chi connectivity index (χ4v) is 1.88. The highest BCUT2D eigenvalue weighted by Gasteiger charge is 2.22. The van der Waals surface area contributed by atoms with E-state index in [1.54, 1.807) is 0 Å². The van der Waals surface area contributed by atoms with Crippen molar-refractivity contribution in [2.24, 2.45) is 0 Å². The summed E-state index contributed by atoms with van der Waals surface area (Å²) in [4.78, 5) is 22.3. The molecule has 5 nitrogen and oxygen atoms in total. The zero-order valence-electron chi connectivity index (χ0n) is 12.6. The van der Waals surface area contributed by atoms with Gasteiger partial charge in [-0.25, -0.2) is 0 Å². The number of aliphatic carboxylic acids is 1. The molecular weight excluding hydrogens is 246 g/mol. The number of likely N-dealkylation sites (N-methyl/N-ethyl adjacent to an activating group) is 1. The van der Waals surface area contributed by atoms with Crippen molar-refractivity contribution in [3.05, 3.63) is 0 Å². The summed E-state index contributed by atoms with van der Waals surface area (Å²) < 4.78 is 5.78. The minimum atomic E-state index is -1.18. The van der Waals surface area contributed by atoms with Gasteiger partial charge in [0.15, 0.2) is 6.10 Å². The van der Waals surface area contributed by atoms with E-state index in [2.05, 4.69) is 6.92 Å². The van der Waals surface area contributed by atoms with Gasteiger partial charge in [0.05, 0.1) is 21.1 Å². The minimum Gasteiger partial charge on any atom is -0.550 e. The molecule has 112 valence electrons. The van der Waals surface area contributed by atoms with E-state index in [9.17, 15) is 14.7 Å². The molecule has 1 atom stereocenters. The molecule has 0 rings (SSSR count). The Hall–Kier alpha value is -1.10. The molecule has 0 saturated heterocycles. The number of esters is 1. The predicted octanol–water partition coefficient (Wildman–Crippen LogP) is 0.715. The molecular formula is C14H27NO4. The van der Waals surface area contributed by atoms with E-state index >= 15 is 0 Å². The van der Waals surface area contributed by atoms with E-state index in [0.717, 1.165) is 25.7 Å². The lowest BCUT2D eigenvalue weighted by atomic mass is 10.1. The first-order valence-electron chi connectivity index (χ1n) is 6.94. The summed E-state index contributed by atoms with van der Waals surface area (Å²) in [6.45, 7) is 2.57. The Morgan fingerprint density at radius 3 is 2.26 bits per heavy atom. The Morgan fingerprint density at radius 1 is 1.16 bits per heavy atom. The zero-order chi connectivity index (χ0) is 14.9. The number of carbonyl (C=O) groups is 2. The van der Waals surface area contributed by atoms with Crippen LogP contribution in [0.2, 0.25) is 0 Å². The number of unbranched alkanes of at least 4 members (excludes halogenated alkanes) is 3. The molecule has 0 saturated carbocycles. The summed E-state index contributed by atoms with van der Waals surface area (Å²) in [5.41, 5.74) is 0. The van der Waals surface area contributed by atoms with Crippen molar-refractivity contribution in [2.45, 2.75) is 51.6 Å². The van der Waals surface area contributed by atoms with Crippen LogP contribution >= 0.6 is 0 Å². The number of nitrogens with zero attached hydrogens (tertiary/aromatic N) is 1. The van der Waals surface area contributed by atoms with Crippen molar-refractivity contribution < 1.29 is 23.9 Å². The molecule has 0 aromatic carbocycles. The zero-order valence-corrected chi connectivity index (χ0v) is 12.6. The van der Waals surface area contributed by atoms with Gasteiger partial charge in [0, 0.05) is 18.8 Å². The third-order valence-corrected chi connectivity index (χ3v) is 2.68. The maximum Gasteiger partial charge on any atom is 0.306 e. The van der Waals surface area contributed by atoms with Crippen molar-refractivity contribution in [3.8, 4) is 0 Å². The fraction of sp³-hybridized carbons (Fsp3) is 0.857. The Morgan fingerprint density at radius 2 is 1.79 bits per heavy atom. The molecule has 0 amide bonds. The Kier molecular flexibility index (Phi) is 8.39. The molecule has 0 N–H and O–H groups in total. The second-order valence-corrected chi connectivity index (χ2v) is 5.97. The first-order valence-corrected chi connectivity index (χ1v) is 6.94. The number of rotatable bonds is 10. The Balaban J connectivity index is 4.15. The van der Waals surface area contributed by atoms with Crippen molar-refractivity contribution >= 4 is 11.9 Å². The SMILES string of the molecule is CCCCCCC(=O)OC(CC(=O)[O-])C[N+](C)(C)C. The normalized spacial score (nSPS) is 13.1. The van der Waals surface area contributed by atoms with Gasteiger partial charge in [-0.05, 0) is 6.42 Å². The lowest BCUT2D eigenvalue weighted by Gasteiger charge is -2.29. The van der Waals surface area contributed by atoms with Gasteiger partial charge in [-0.1, -0.05) is 26.2 Å². The van der Waals surface area contributed by atoms with Crippen molar-refractivity contribution in [1.29, 1.82) is 0 Å². The van der Waals surface area contributed by atoms with Crippen LogP contribution in [-0.4, -0.2) is 50.2 Å². The molecule has 0 aromatic heterocycles. The molecule has 19 heavy (non-hydrogen) atoms. The highest BCUT2D eigenvalue weighted by atomic mass is 16.5. The Bertz CT molecular complexity index is 284. The van der Waals surface area contributed by atoms with Crippen LogP contribution in [0.4, 0.5) is 0 Å². The van der Waals surface area contributed by atoms with Gasteiger partial charge in [-0.15, -0.1) is 0 Å². The molecule has 0 aliphatic carbocycles. The molecule has 0 radical (unpaired) electrons. The molecule has 1 unspecified atom stereocenters. The predicted molar refractivity (Wildman–Crippen MR) is 71.2 cm³/mol. The molecule has 0 spiro atoms. The summed E-state index contributed by atoms with van der Waals surface area (Å²) in [7, 11) is 5.78. The van der Waals surface area contributed by atoms with Gasteiger partial charge in [0.1, 0.15) is 6.54 Å². The van der Waals surface area contributed by atoms with Gasteiger partial charge in [-0.2, -0.15) is 0 Å². The van der Waals surface area contributed by atoms with Gasteiger partial charge in [-0.3, -0.25) is 4.79 Å². The van der Waals surface area contributed by atoms with E-state index in [1.807, 2.05) is 21.1 Å². The van der Waals surface area contributed by atoms with Gasteiger partial charge >= 0.3 is 5.97 Å². The van der Waals surface area contributed by atoms with Gasteiger partial charge in [0.2, 0.25) is 0 Å². The van der Waals surface area contributed by atoms with Crippen LogP contribution in [-0.2, 0) is 14.3 Å². The van der Waals surface area contributed by atoms with E-state index in [4.69, 9.17) is 4.74 Å². The van der Waals surface area contributed by atoms with E-state index in [1.165, 1.54) is 0 Å². The molecule has 0 aromatic rings. The number of quaternary nitrogens is 1. The molecule has 0 aliphatic rings. The van der Waals surface area contributed by atoms with Crippen molar-refractivity contribution in [2.75, 3.05) is 27.7 Å². The van der Waals surface area contributed by atoms with Gasteiger partial charge < -0.3 is 19.1 Å².